The number of pyridine rings is 1. The first-order valence-electron chi connectivity index (χ1n) is 8.95. The van der Waals surface area contributed by atoms with E-state index in [1.807, 2.05) is 18.2 Å². The fourth-order valence-corrected chi connectivity index (χ4v) is 4.44. The third-order valence-corrected chi connectivity index (χ3v) is 5.62. The molecule has 4 rings (SSSR count). The van der Waals surface area contributed by atoms with Crippen LogP contribution in [0.4, 0.5) is 0 Å². The van der Waals surface area contributed by atoms with E-state index >= 15 is 0 Å². The van der Waals surface area contributed by atoms with Crippen LogP contribution in [0.25, 0.3) is 15.9 Å². The summed E-state index contributed by atoms with van der Waals surface area (Å²) in [4.78, 5) is 34.3. The third kappa shape index (κ3) is 3.68. The molecule has 0 saturated heterocycles. The molecule has 0 aliphatic heterocycles. The van der Waals surface area contributed by atoms with Crippen molar-refractivity contribution < 1.29 is 14.3 Å². The second kappa shape index (κ2) is 7.81. The lowest BCUT2D eigenvalue weighted by molar-refractivity contribution is -0.143. The van der Waals surface area contributed by atoms with Gasteiger partial charge in [0, 0.05) is 11.2 Å². The quantitative estimate of drug-likeness (QED) is 0.465. The van der Waals surface area contributed by atoms with E-state index < -0.39 is 11.9 Å². The molecule has 0 radical (unpaired) electrons. The summed E-state index contributed by atoms with van der Waals surface area (Å²) in [6, 6.07) is 10.8. The largest absolute Gasteiger partial charge is 0.465 e. The standard InChI is InChI=1S/C20H17ClN4O3S/c1-3-28-17(26)11-25-14-8-7-13(21)10-15(14)29-20(25)23-19(27)18-12(2)22-16-6-4-5-9-24(16)18/h4-10H,3,11H2,1-2H3. The van der Waals surface area contributed by atoms with E-state index in [-0.39, 0.29) is 13.2 Å². The van der Waals surface area contributed by atoms with Crippen LogP contribution in [0.2, 0.25) is 5.02 Å². The average molecular weight is 429 g/mol. The predicted molar refractivity (Wildman–Crippen MR) is 111 cm³/mol. The maximum atomic E-state index is 13.0. The molecule has 1 amide bonds. The Bertz CT molecular complexity index is 1320. The zero-order valence-electron chi connectivity index (χ0n) is 15.8. The first-order chi connectivity index (χ1) is 14.0. The number of benzene rings is 1. The third-order valence-electron chi connectivity index (χ3n) is 4.34. The Morgan fingerprint density at radius 3 is 2.90 bits per heavy atom. The topological polar surface area (TPSA) is 78.0 Å². The van der Waals surface area contributed by atoms with Crippen LogP contribution in [-0.4, -0.2) is 32.4 Å². The number of nitrogens with zero attached hydrogens (tertiary/aromatic N) is 4. The Morgan fingerprint density at radius 1 is 1.28 bits per heavy atom. The number of hydrogen-bond acceptors (Lipinski definition) is 5. The smallest absolute Gasteiger partial charge is 0.326 e. The molecule has 3 aromatic heterocycles. The molecule has 0 saturated carbocycles. The maximum Gasteiger partial charge on any atom is 0.326 e. The van der Waals surface area contributed by atoms with Gasteiger partial charge in [-0.15, -0.1) is 0 Å². The van der Waals surface area contributed by atoms with Crippen molar-refractivity contribution >= 4 is 50.7 Å². The molecular weight excluding hydrogens is 412 g/mol. The molecule has 0 atom stereocenters. The Labute approximate surface area is 174 Å². The van der Waals surface area contributed by atoms with E-state index in [4.69, 9.17) is 16.3 Å². The van der Waals surface area contributed by atoms with Gasteiger partial charge in [-0.2, -0.15) is 4.99 Å². The van der Waals surface area contributed by atoms with E-state index in [2.05, 4.69) is 9.98 Å². The molecule has 3 heterocycles. The van der Waals surface area contributed by atoms with Gasteiger partial charge in [-0.1, -0.05) is 29.0 Å². The zero-order chi connectivity index (χ0) is 20.5. The van der Waals surface area contributed by atoms with Gasteiger partial charge in [0.05, 0.1) is 22.5 Å². The number of aryl methyl sites for hydroxylation is 1. The monoisotopic (exact) mass is 428 g/mol. The number of esters is 1. The number of carbonyl (C=O) groups is 2. The van der Waals surface area contributed by atoms with Crippen LogP contribution < -0.4 is 4.80 Å². The van der Waals surface area contributed by atoms with Gasteiger partial charge in [0.25, 0.3) is 5.91 Å². The molecule has 0 aliphatic rings. The highest BCUT2D eigenvalue weighted by Gasteiger charge is 2.18. The Balaban J connectivity index is 1.87. The molecule has 4 aromatic rings. The number of imidazole rings is 1. The predicted octanol–water partition coefficient (Wildman–Crippen LogP) is 3.62. The van der Waals surface area contributed by atoms with Crippen molar-refractivity contribution in [3.8, 4) is 0 Å². The van der Waals surface area contributed by atoms with E-state index in [0.29, 0.717) is 26.9 Å². The summed E-state index contributed by atoms with van der Waals surface area (Å²) in [5.41, 5.74) is 2.41. The molecule has 0 aliphatic carbocycles. The van der Waals surface area contributed by atoms with E-state index in [1.165, 1.54) is 11.3 Å². The molecule has 148 valence electrons. The number of ether oxygens (including phenoxy) is 1. The van der Waals surface area contributed by atoms with E-state index in [9.17, 15) is 9.59 Å². The molecule has 1 aromatic carbocycles. The number of amides is 1. The number of halogens is 1. The number of aromatic nitrogens is 3. The highest BCUT2D eigenvalue weighted by atomic mass is 35.5. The van der Waals surface area contributed by atoms with Crippen molar-refractivity contribution in [2.45, 2.75) is 20.4 Å². The molecule has 9 heteroatoms. The van der Waals surface area contributed by atoms with Gasteiger partial charge in [0.1, 0.15) is 17.9 Å². The number of carbonyl (C=O) groups excluding carboxylic acids is 2. The number of hydrogen-bond donors (Lipinski definition) is 0. The van der Waals surface area contributed by atoms with Crippen LogP contribution in [0.15, 0.2) is 47.6 Å². The summed E-state index contributed by atoms with van der Waals surface area (Å²) in [6.07, 6.45) is 1.77. The molecular formula is C20H17ClN4O3S. The van der Waals surface area contributed by atoms with Gasteiger partial charge in [-0.25, -0.2) is 4.98 Å². The second-order valence-corrected chi connectivity index (χ2v) is 7.72. The molecule has 29 heavy (non-hydrogen) atoms. The summed E-state index contributed by atoms with van der Waals surface area (Å²) < 4.78 is 9.28. The Kier molecular flexibility index (Phi) is 5.21. The molecule has 0 spiro atoms. The van der Waals surface area contributed by atoms with Crippen molar-refractivity contribution in [2.75, 3.05) is 6.61 Å². The van der Waals surface area contributed by atoms with Crippen molar-refractivity contribution in [1.29, 1.82) is 0 Å². The fraction of sp³-hybridized carbons (Fsp3) is 0.200. The lowest BCUT2D eigenvalue weighted by Crippen LogP contribution is -2.23. The normalized spacial score (nSPS) is 12.0. The average Bonchev–Trinajstić information content (AvgIpc) is 3.18. The molecule has 0 unspecified atom stereocenters. The first kappa shape index (κ1) is 19.4. The first-order valence-corrected chi connectivity index (χ1v) is 10.1. The summed E-state index contributed by atoms with van der Waals surface area (Å²) >= 11 is 7.39. The summed E-state index contributed by atoms with van der Waals surface area (Å²) in [7, 11) is 0. The van der Waals surface area contributed by atoms with E-state index in [1.54, 1.807) is 47.2 Å². The van der Waals surface area contributed by atoms with Crippen LogP contribution in [-0.2, 0) is 16.1 Å². The lowest BCUT2D eigenvalue weighted by atomic mass is 10.3. The minimum Gasteiger partial charge on any atom is -0.465 e. The minimum absolute atomic E-state index is 0.0479. The van der Waals surface area contributed by atoms with Gasteiger partial charge < -0.3 is 9.30 Å². The minimum atomic E-state index is -0.434. The lowest BCUT2D eigenvalue weighted by Gasteiger charge is -2.05. The van der Waals surface area contributed by atoms with Gasteiger partial charge >= 0.3 is 5.97 Å². The molecule has 7 nitrogen and oxygen atoms in total. The van der Waals surface area contributed by atoms with Gasteiger partial charge in [0.2, 0.25) is 0 Å². The van der Waals surface area contributed by atoms with Crippen molar-refractivity contribution in [2.24, 2.45) is 4.99 Å². The van der Waals surface area contributed by atoms with Crippen LogP contribution >= 0.6 is 22.9 Å². The molecule has 0 bridgehead atoms. The van der Waals surface area contributed by atoms with E-state index in [0.717, 1.165) is 10.2 Å². The van der Waals surface area contributed by atoms with Crippen molar-refractivity contribution in [3.05, 3.63) is 63.8 Å². The second-order valence-electron chi connectivity index (χ2n) is 6.28. The van der Waals surface area contributed by atoms with Crippen LogP contribution in [0.1, 0.15) is 23.1 Å². The zero-order valence-corrected chi connectivity index (χ0v) is 17.3. The summed E-state index contributed by atoms with van der Waals surface area (Å²) in [5.74, 6) is -0.835. The molecule has 0 N–H and O–H groups in total. The summed E-state index contributed by atoms with van der Waals surface area (Å²) in [6.45, 7) is 3.75. The maximum absolute atomic E-state index is 13.0. The number of rotatable bonds is 4. The van der Waals surface area contributed by atoms with Gasteiger partial charge in [0.15, 0.2) is 4.80 Å². The Morgan fingerprint density at radius 2 is 2.10 bits per heavy atom. The van der Waals surface area contributed by atoms with Crippen LogP contribution in [0, 0.1) is 6.92 Å². The van der Waals surface area contributed by atoms with Gasteiger partial charge in [-0.05, 0) is 44.2 Å². The fourth-order valence-electron chi connectivity index (χ4n) is 3.13. The Hall–Kier alpha value is -2.97. The van der Waals surface area contributed by atoms with Crippen LogP contribution in [0.5, 0.6) is 0 Å². The molecule has 0 fully saturated rings. The van der Waals surface area contributed by atoms with Crippen molar-refractivity contribution in [3.63, 3.8) is 0 Å². The number of fused-ring (bicyclic) bond motifs is 2. The van der Waals surface area contributed by atoms with Gasteiger partial charge in [-0.3, -0.25) is 14.0 Å². The van der Waals surface area contributed by atoms with Crippen LogP contribution in [0.3, 0.4) is 0 Å². The van der Waals surface area contributed by atoms with Crippen molar-refractivity contribution in [1.82, 2.24) is 14.0 Å². The highest BCUT2D eigenvalue weighted by molar-refractivity contribution is 7.16. The highest BCUT2D eigenvalue weighted by Crippen LogP contribution is 2.22. The SMILES string of the molecule is CCOC(=O)Cn1c(=NC(=O)c2c(C)nc3ccccn23)sc2cc(Cl)ccc21. The number of thiazole rings is 1. The summed E-state index contributed by atoms with van der Waals surface area (Å²) in [5, 5.41) is 0.567.